The Morgan fingerprint density at radius 1 is 1.23 bits per heavy atom. The number of carbonyl (C=O) groups excluding carboxylic acids is 1. The van der Waals surface area contributed by atoms with Gasteiger partial charge in [-0.2, -0.15) is 0 Å². The van der Waals surface area contributed by atoms with E-state index in [1.165, 1.54) is 17.7 Å². The Morgan fingerprint density at radius 2 is 1.91 bits per heavy atom. The number of hydrogen-bond acceptors (Lipinski definition) is 6. The number of hydrogen-bond donors (Lipinski definition) is 1. The number of piperazine rings is 1. The fourth-order valence-electron chi connectivity index (χ4n) is 2.73. The van der Waals surface area contributed by atoms with E-state index >= 15 is 0 Å². The Bertz CT molecular complexity index is 750. The molecule has 1 saturated heterocycles. The number of aryl methyl sites for hydroxylation is 1. The van der Waals surface area contributed by atoms with Crippen molar-refractivity contribution in [1.29, 1.82) is 0 Å². The van der Waals surface area contributed by atoms with E-state index in [1.54, 1.807) is 18.7 Å². The molecule has 1 aliphatic rings. The fourth-order valence-corrected chi connectivity index (χ4v) is 3.71. The molecule has 2 aromatic heterocycles. The first-order valence-electron chi connectivity index (χ1n) is 6.97. The molecule has 0 aromatic carbocycles. The lowest BCUT2D eigenvalue weighted by molar-refractivity contribution is -0.129. The zero-order valence-electron chi connectivity index (χ0n) is 12.4. The van der Waals surface area contributed by atoms with E-state index in [0.29, 0.717) is 41.5 Å². The molecule has 3 heterocycles. The predicted molar refractivity (Wildman–Crippen MR) is 83.6 cm³/mol. The fraction of sp³-hybridized carbons (Fsp3) is 0.429. The van der Waals surface area contributed by atoms with Crippen LogP contribution in [0.3, 0.4) is 0 Å². The van der Waals surface area contributed by atoms with Crippen molar-refractivity contribution in [2.24, 2.45) is 0 Å². The molecule has 116 valence electrons. The molecular formula is C14H16N4O3S. The van der Waals surface area contributed by atoms with E-state index in [9.17, 15) is 14.7 Å². The molecular weight excluding hydrogens is 304 g/mol. The number of aromatic carboxylic acids is 1. The number of amides is 1. The van der Waals surface area contributed by atoms with Crippen LogP contribution in [-0.2, 0) is 4.79 Å². The van der Waals surface area contributed by atoms with Gasteiger partial charge in [-0.1, -0.05) is 0 Å². The summed E-state index contributed by atoms with van der Waals surface area (Å²) in [6.07, 6.45) is 1.47. The van der Waals surface area contributed by atoms with Crippen molar-refractivity contribution in [2.45, 2.75) is 13.8 Å². The number of fused-ring (bicyclic) bond motifs is 1. The van der Waals surface area contributed by atoms with Crippen molar-refractivity contribution >= 4 is 39.2 Å². The molecule has 7 nitrogen and oxygen atoms in total. The van der Waals surface area contributed by atoms with E-state index in [0.717, 1.165) is 11.2 Å². The van der Waals surface area contributed by atoms with Gasteiger partial charge in [0.25, 0.3) is 0 Å². The van der Waals surface area contributed by atoms with Crippen LogP contribution < -0.4 is 4.90 Å². The third-order valence-corrected chi connectivity index (χ3v) is 5.11. The van der Waals surface area contributed by atoms with Gasteiger partial charge in [0.05, 0.1) is 5.39 Å². The summed E-state index contributed by atoms with van der Waals surface area (Å²) in [5, 5.41) is 10.1. The lowest BCUT2D eigenvalue weighted by Gasteiger charge is -2.35. The second kappa shape index (κ2) is 5.53. The van der Waals surface area contributed by atoms with Crippen molar-refractivity contribution < 1.29 is 14.7 Å². The number of carboxylic acids is 1. The zero-order valence-corrected chi connectivity index (χ0v) is 13.2. The third-order valence-electron chi connectivity index (χ3n) is 3.93. The number of anilines is 1. The molecule has 1 aliphatic heterocycles. The monoisotopic (exact) mass is 320 g/mol. The number of aromatic nitrogens is 2. The number of rotatable bonds is 2. The number of thiophene rings is 1. The first kappa shape index (κ1) is 14.7. The molecule has 0 saturated carbocycles. The highest BCUT2D eigenvalue weighted by atomic mass is 32.1. The van der Waals surface area contributed by atoms with Crippen LogP contribution in [0.4, 0.5) is 5.82 Å². The Hall–Kier alpha value is -2.22. The highest BCUT2D eigenvalue weighted by Gasteiger charge is 2.24. The molecule has 1 fully saturated rings. The molecule has 8 heteroatoms. The van der Waals surface area contributed by atoms with Crippen LogP contribution in [-0.4, -0.2) is 58.0 Å². The second-order valence-electron chi connectivity index (χ2n) is 5.23. The molecule has 2 aromatic rings. The van der Waals surface area contributed by atoms with Crippen molar-refractivity contribution in [3.05, 3.63) is 16.8 Å². The quantitative estimate of drug-likeness (QED) is 0.899. The smallest absolute Gasteiger partial charge is 0.346 e. The van der Waals surface area contributed by atoms with E-state index in [4.69, 9.17) is 0 Å². The third kappa shape index (κ3) is 2.39. The number of carboxylic acid groups (broad SMARTS) is 1. The maximum atomic E-state index is 11.4. The summed E-state index contributed by atoms with van der Waals surface area (Å²) in [5.74, 6) is -0.102. The molecule has 0 bridgehead atoms. The summed E-state index contributed by atoms with van der Waals surface area (Å²) >= 11 is 1.17. The van der Waals surface area contributed by atoms with Gasteiger partial charge in [-0.3, -0.25) is 4.79 Å². The molecule has 0 atom stereocenters. The van der Waals surface area contributed by atoms with Crippen LogP contribution >= 0.6 is 11.3 Å². The SMILES string of the molecule is CC(=O)N1CCN(c2ncnc3sc(C(=O)O)c(C)c23)CC1. The van der Waals surface area contributed by atoms with E-state index in [-0.39, 0.29) is 5.91 Å². The molecule has 0 spiro atoms. The maximum Gasteiger partial charge on any atom is 0.346 e. The summed E-state index contributed by atoms with van der Waals surface area (Å²) in [6, 6.07) is 0. The normalized spacial score (nSPS) is 15.4. The zero-order chi connectivity index (χ0) is 15.9. The van der Waals surface area contributed by atoms with Gasteiger partial charge in [-0.05, 0) is 12.5 Å². The van der Waals surface area contributed by atoms with Gasteiger partial charge in [0.1, 0.15) is 21.9 Å². The van der Waals surface area contributed by atoms with E-state index in [2.05, 4.69) is 14.9 Å². The van der Waals surface area contributed by atoms with Gasteiger partial charge in [-0.25, -0.2) is 14.8 Å². The van der Waals surface area contributed by atoms with Crippen molar-refractivity contribution in [3.8, 4) is 0 Å². The predicted octanol–water partition coefficient (Wildman–Crippen LogP) is 1.37. The average molecular weight is 320 g/mol. The topological polar surface area (TPSA) is 86.6 Å². The number of nitrogens with zero attached hydrogens (tertiary/aromatic N) is 4. The summed E-state index contributed by atoms with van der Waals surface area (Å²) in [6.45, 7) is 6.03. The molecule has 1 amide bonds. The molecule has 22 heavy (non-hydrogen) atoms. The van der Waals surface area contributed by atoms with Gasteiger partial charge in [0.2, 0.25) is 5.91 Å². The summed E-state index contributed by atoms with van der Waals surface area (Å²) in [4.78, 5) is 36.2. The Labute approximate surface area is 131 Å². The van der Waals surface area contributed by atoms with Crippen LogP contribution in [0, 0.1) is 6.92 Å². The molecule has 0 unspecified atom stereocenters. The van der Waals surface area contributed by atoms with Gasteiger partial charge >= 0.3 is 5.97 Å². The van der Waals surface area contributed by atoms with Crippen LogP contribution in [0.1, 0.15) is 22.2 Å². The van der Waals surface area contributed by atoms with Crippen LogP contribution in [0.5, 0.6) is 0 Å². The maximum absolute atomic E-state index is 11.4. The summed E-state index contributed by atoms with van der Waals surface area (Å²) in [5.41, 5.74) is 0.706. The minimum absolute atomic E-state index is 0.0763. The van der Waals surface area contributed by atoms with Gasteiger partial charge < -0.3 is 14.9 Å². The molecule has 1 N–H and O–H groups in total. The molecule has 3 rings (SSSR count). The highest BCUT2D eigenvalue weighted by molar-refractivity contribution is 7.20. The standard InChI is InChI=1S/C14H16N4O3S/c1-8-10-12(18-5-3-17(4-6-18)9(2)19)15-7-16-13(10)22-11(8)14(20)21/h7H,3-6H2,1-2H3,(H,20,21). The van der Waals surface area contributed by atoms with Crippen molar-refractivity contribution in [2.75, 3.05) is 31.1 Å². The lowest BCUT2D eigenvalue weighted by atomic mass is 10.2. The Balaban J connectivity index is 1.98. The van der Waals surface area contributed by atoms with E-state index in [1.807, 2.05) is 0 Å². The van der Waals surface area contributed by atoms with Gasteiger partial charge in [-0.15, -0.1) is 11.3 Å². The van der Waals surface area contributed by atoms with Crippen LogP contribution in [0.2, 0.25) is 0 Å². The largest absolute Gasteiger partial charge is 0.477 e. The average Bonchev–Trinajstić information content (AvgIpc) is 2.85. The van der Waals surface area contributed by atoms with Gasteiger partial charge in [0, 0.05) is 33.1 Å². The second-order valence-corrected chi connectivity index (χ2v) is 6.23. The van der Waals surface area contributed by atoms with Crippen LogP contribution in [0.15, 0.2) is 6.33 Å². The van der Waals surface area contributed by atoms with Gasteiger partial charge in [0.15, 0.2) is 0 Å². The minimum atomic E-state index is -0.937. The minimum Gasteiger partial charge on any atom is -0.477 e. The first-order chi connectivity index (χ1) is 10.5. The summed E-state index contributed by atoms with van der Waals surface area (Å²) < 4.78 is 0. The van der Waals surface area contributed by atoms with Crippen molar-refractivity contribution in [1.82, 2.24) is 14.9 Å². The van der Waals surface area contributed by atoms with Crippen LogP contribution in [0.25, 0.3) is 10.2 Å². The highest BCUT2D eigenvalue weighted by Crippen LogP contribution is 2.35. The Morgan fingerprint density at radius 3 is 2.50 bits per heavy atom. The summed E-state index contributed by atoms with van der Waals surface area (Å²) in [7, 11) is 0. The Kier molecular flexibility index (Phi) is 3.69. The lowest BCUT2D eigenvalue weighted by Crippen LogP contribution is -2.48. The molecule has 0 radical (unpaired) electrons. The molecule has 0 aliphatic carbocycles. The number of carbonyl (C=O) groups is 2. The first-order valence-corrected chi connectivity index (χ1v) is 7.78. The van der Waals surface area contributed by atoms with E-state index < -0.39 is 5.97 Å². The van der Waals surface area contributed by atoms with Crippen molar-refractivity contribution in [3.63, 3.8) is 0 Å².